The third-order valence-electron chi connectivity index (χ3n) is 9.92. The first-order valence-corrected chi connectivity index (χ1v) is 13.6. The summed E-state index contributed by atoms with van der Waals surface area (Å²) >= 11 is 0. The molecule has 1 aliphatic heterocycles. The molecule has 0 spiro atoms. The van der Waals surface area contributed by atoms with Gasteiger partial charge < -0.3 is 4.90 Å². The predicted molar refractivity (Wildman–Crippen MR) is 152 cm³/mol. The number of hydrogen-bond donors (Lipinski definition) is 0. The Hall–Kier alpha value is -3.32. The molecule has 1 heterocycles. The second kappa shape index (κ2) is 7.59. The molecular weight excluding hydrogens is 434 g/mol. The number of rotatable bonds is 2. The zero-order chi connectivity index (χ0) is 24.7. The summed E-state index contributed by atoms with van der Waals surface area (Å²) in [6.07, 6.45) is 6.15. The van der Waals surface area contributed by atoms with Gasteiger partial charge in [0.25, 0.3) is 0 Å². The minimum absolute atomic E-state index is 0.0860. The lowest BCUT2D eigenvalue weighted by Crippen LogP contribution is -2.54. The van der Waals surface area contributed by atoms with Crippen LogP contribution in [0.5, 0.6) is 0 Å². The first-order valence-electron chi connectivity index (χ1n) is 13.6. The lowest BCUT2D eigenvalue weighted by atomic mass is 9.60. The fourth-order valence-corrected chi connectivity index (χ4v) is 7.96. The van der Waals surface area contributed by atoms with E-state index in [0.29, 0.717) is 0 Å². The van der Waals surface area contributed by atoms with Crippen LogP contribution in [-0.2, 0) is 11.8 Å². The highest BCUT2D eigenvalue weighted by molar-refractivity contribution is 5.87. The lowest BCUT2D eigenvalue weighted by molar-refractivity contribution is 0.194. The van der Waals surface area contributed by atoms with E-state index < -0.39 is 0 Å². The third-order valence-corrected chi connectivity index (χ3v) is 9.92. The molecule has 1 saturated carbocycles. The van der Waals surface area contributed by atoms with Crippen LogP contribution in [0.3, 0.4) is 0 Å². The van der Waals surface area contributed by atoms with Crippen molar-refractivity contribution in [1.29, 1.82) is 0 Å². The Bertz CT molecular complexity index is 1510. The summed E-state index contributed by atoms with van der Waals surface area (Å²) in [5.74, 6) is 0. The normalized spacial score (nSPS) is 23.7. The van der Waals surface area contributed by atoms with Gasteiger partial charge in [-0.1, -0.05) is 80.4 Å². The molecule has 0 radical (unpaired) electrons. The first-order chi connectivity index (χ1) is 17.4. The van der Waals surface area contributed by atoms with Gasteiger partial charge in [0.15, 0.2) is 0 Å². The molecule has 7 rings (SSSR count). The fraction of sp³-hybridized carbons (Fsp3) is 0.314. The van der Waals surface area contributed by atoms with Gasteiger partial charge in [0.2, 0.25) is 0 Å². The molecule has 36 heavy (non-hydrogen) atoms. The van der Waals surface area contributed by atoms with Crippen molar-refractivity contribution in [3.8, 4) is 22.3 Å². The zero-order valence-electron chi connectivity index (χ0n) is 22.0. The molecule has 2 unspecified atom stereocenters. The minimum Gasteiger partial charge on any atom is -0.334 e. The quantitative estimate of drug-likeness (QED) is 0.249. The summed E-state index contributed by atoms with van der Waals surface area (Å²) in [6.45, 7) is 9.82. The smallest absolute Gasteiger partial charge is 0.0518 e. The second-order valence-electron chi connectivity index (χ2n) is 11.8. The van der Waals surface area contributed by atoms with E-state index >= 15 is 0 Å². The number of para-hydroxylation sites is 1. The van der Waals surface area contributed by atoms with E-state index in [4.69, 9.17) is 0 Å². The van der Waals surface area contributed by atoms with Crippen molar-refractivity contribution in [2.75, 3.05) is 4.90 Å². The van der Waals surface area contributed by atoms with E-state index in [-0.39, 0.29) is 11.0 Å². The van der Waals surface area contributed by atoms with Crippen LogP contribution in [0.25, 0.3) is 22.3 Å². The summed E-state index contributed by atoms with van der Waals surface area (Å²) in [5, 5.41) is 0. The van der Waals surface area contributed by atoms with E-state index in [2.05, 4.69) is 111 Å². The molecule has 1 fully saturated rings. The number of fused-ring (bicyclic) bond motifs is 6. The highest BCUT2D eigenvalue weighted by Gasteiger charge is 2.58. The highest BCUT2D eigenvalue weighted by atomic mass is 15.3. The van der Waals surface area contributed by atoms with Crippen LogP contribution in [0, 0.1) is 13.8 Å². The molecule has 0 aromatic heterocycles. The van der Waals surface area contributed by atoms with Gasteiger partial charge in [0.05, 0.1) is 5.54 Å². The third kappa shape index (κ3) is 2.78. The van der Waals surface area contributed by atoms with E-state index in [1.807, 2.05) is 0 Å². The van der Waals surface area contributed by atoms with Crippen LogP contribution >= 0.6 is 0 Å². The van der Waals surface area contributed by atoms with E-state index in [1.54, 1.807) is 5.56 Å². The molecular formula is C35H35N. The molecule has 180 valence electrons. The Morgan fingerprint density at radius 3 is 2.25 bits per heavy atom. The molecule has 1 nitrogen and oxygen atoms in total. The van der Waals surface area contributed by atoms with Gasteiger partial charge in [-0.15, -0.1) is 0 Å². The van der Waals surface area contributed by atoms with Crippen LogP contribution in [0.15, 0.2) is 78.9 Å². The molecule has 0 bridgehead atoms. The van der Waals surface area contributed by atoms with Crippen molar-refractivity contribution < 1.29 is 0 Å². The summed E-state index contributed by atoms with van der Waals surface area (Å²) in [6, 6.07) is 29.7. The highest BCUT2D eigenvalue weighted by Crippen LogP contribution is 2.63. The van der Waals surface area contributed by atoms with E-state index in [1.165, 1.54) is 81.6 Å². The monoisotopic (exact) mass is 469 g/mol. The summed E-state index contributed by atoms with van der Waals surface area (Å²) < 4.78 is 0. The molecule has 4 aromatic rings. The van der Waals surface area contributed by atoms with Crippen molar-refractivity contribution in [3.63, 3.8) is 0 Å². The number of benzene rings is 4. The summed E-state index contributed by atoms with van der Waals surface area (Å²) in [5.41, 5.74) is 16.0. The van der Waals surface area contributed by atoms with Gasteiger partial charge in [-0.25, -0.2) is 0 Å². The van der Waals surface area contributed by atoms with E-state index in [0.717, 1.165) is 6.42 Å². The molecule has 2 atom stereocenters. The lowest BCUT2D eigenvalue weighted by Gasteiger charge is -2.50. The van der Waals surface area contributed by atoms with Gasteiger partial charge in [-0.05, 0) is 108 Å². The number of nitrogens with zero attached hydrogens (tertiary/aromatic N) is 1. The first kappa shape index (κ1) is 21.9. The average molecular weight is 470 g/mol. The predicted octanol–water partition coefficient (Wildman–Crippen LogP) is 9.28. The van der Waals surface area contributed by atoms with Crippen LogP contribution < -0.4 is 4.90 Å². The maximum Gasteiger partial charge on any atom is 0.0518 e. The Labute approximate surface area is 215 Å². The molecule has 0 N–H and O–H groups in total. The van der Waals surface area contributed by atoms with E-state index in [9.17, 15) is 0 Å². The number of hydrogen-bond acceptors (Lipinski definition) is 1. The van der Waals surface area contributed by atoms with Crippen LogP contribution in [-0.4, -0.2) is 5.54 Å². The topological polar surface area (TPSA) is 3.24 Å². The van der Waals surface area contributed by atoms with Gasteiger partial charge in [-0.2, -0.15) is 0 Å². The van der Waals surface area contributed by atoms with Gasteiger partial charge >= 0.3 is 0 Å². The maximum absolute atomic E-state index is 2.72. The SMILES string of the molecule is Cc1cc(-c2ccc3c(c2)Cc2ccccc2-3)c(C)c2c1N(c1ccccc1)C1(C)CCCCC21C. The molecule has 4 aromatic carbocycles. The van der Waals surface area contributed by atoms with Crippen LogP contribution in [0.1, 0.15) is 67.3 Å². The Kier molecular flexibility index (Phi) is 4.62. The molecule has 0 amide bonds. The summed E-state index contributed by atoms with van der Waals surface area (Å²) in [4.78, 5) is 2.72. The Morgan fingerprint density at radius 1 is 0.694 bits per heavy atom. The standard InChI is InChI=1S/C35H35N/c1-23-20-31(26-16-17-30-27(22-26)21-25-12-8-9-15-29(25)30)24(2)32-33(23)36(28-13-6-5-7-14-28)35(4)19-11-10-18-34(32,35)3/h5-9,12-17,20,22H,10-11,18-19,21H2,1-4H3. The van der Waals surface area contributed by atoms with Gasteiger partial charge in [0.1, 0.15) is 0 Å². The molecule has 0 saturated heterocycles. The largest absolute Gasteiger partial charge is 0.334 e. The van der Waals surface area contributed by atoms with Crippen molar-refractivity contribution in [1.82, 2.24) is 0 Å². The average Bonchev–Trinajstić information content (AvgIpc) is 3.36. The van der Waals surface area contributed by atoms with Crippen molar-refractivity contribution >= 4 is 11.4 Å². The van der Waals surface area contributed by atoms with Gasteiger partial charge in [0, 0.05) is 16.8 Å². The van der Waals surface area contributed by atoms with Crippen molar-refractivity contribution in [3.05, 3.63) is 107 Å². The van der Waals surface area contributed by atoms with Crippen LogP contribution in [0.4, 0.5) is 11.4 Å². The summed E-state index contributed by atoms with van der Waals surface area (Å²) in [7, 11) is 0. The van der Waals surface area contributed by atoms with Crippen molar-refractivity contribution in [2.24, 2.45) is 0 Å². The second-order valence-corrected chi connectivity index (χ2v) is 11.8. The minimum atomic E-state index is 0.0860. The molecule has 3 aliphatic rings. The van der Waals surface area contributed by atoms with Crippen LogP contribution in [0.2, 0.25) is 0 Å². The number of aryl methyl sites for hydroxylation is 1. The van der Waals surface area contributed by atoms with Crippen molar-refractivity contribution in [2.45, 2.75) is 70.8 Å². The molecule has 2 aliphatic carbocycles. The Balaban J connectivity index is 1.43. The zero-order valence-corrected chi connectivity index (χ0v) is 22.0. The maximum atomic E-state index is 2.72. The fourth-order valence-electron chi connectivity index (χ4n) is 7.96. The number of anilines is 2. The van der Waals surface area contributed by atoms with Gasteiger partial charge in [-0.3, -0.25) is 0 Å². The Morgan fingerprint density at radius 2 is 1.42 bits per heavy atom. The molecule has 1 heteroatoms.